The highest BCUT2D eigenvalue weighted by atomic mass is 79.9. The minimum absolute atomic E-state index is 0.193. The molecule has 1 aliphatic heterocycles. The van der Waals surface area contributed by atoms with Gasteiger partial charge in [-0.2, -0.15) is 5.10 Å². The fourth-order valence-electron chi connectivity index (χ4n) is 2.92. The number of rotatable bonds is 5. The van der Waals surface area contributed by atoms with Gasteiger partial charge in [0, 0.05) is 25.2 Å². The lowest BCUT2D eigenvalue weighted by Gasteiger charge is -2.22. The average molecular weight is 353 g/mol. The van der Waals surface area contributed by atoms with E-state index < -0.39 is 0 Å². The maximum Gasteiger partial charge on any atom is 0.149 e. The van der Waals surface area contributed by atoms with E-state index >= 15 is 0 Å². The summed E-state index contributed by atoms with van der Waals surface area (Å²) in [6, 6.07) is 0.502. The Kier molecular flexibility index (Phi) is 4.40. The highest BCUT2D eigenvalue weighted by molar-refractivity contribution is 9.10. The van der Waals surface area contributed by atoms with Crippen LogP contribution in [0.3, 0.4) is 0 Å². The van der Waals surface area contributed by atoms with Gasteiger partial charge in [-0.05, 0) is 42.6 Å². The fourth-order valence-corrected chi connectivity index (χ4v) is 3.25. The summed E-state index contributed by atoms with van der Waals surface area (Å²) in [7, 11) is 0. The lowest BCUT2D eigenvalue weighted by molar-refractivity contribution is 0.389. The second-order valence-electron chi connectivity index (χ2n) is 5.75. The molecule has 1 aliphatic rings. The van der Waals surface area contributed by atoms with Crippen molar-refractivity contribution in [2.75, 3.05) is 0 Å². The summed E-state index contributed by atoms with van der Waals surface area (Å²) < 4.78 is 5.22. The molecule has 21 heavy (non-hydrogen) atoms. The third-order valence-corrected chi connectivity index (χ3v) is 4.28. The predicted molar refractivity (Wildman–Crippen MR) is 83.9 cm³/mol. The molecule has 0 bridgehead atoms. The monoisotopic (exact) mass is 352 g/mol. The largest absolute Gasteiger partial charge is 0.314 e. The van der Waals surface area contributed by atoms with E-state index in [1.54, 1.807) is 0 Å². The summed E-state index contributed by atoms with van der Waals surface area (Å²) >= 11 is 3.42. The summed E-state index contributed by atoms with van der Waals surface area (Å²) in [5, 5.41) is 16.6. The Morgan fingerprint density at radius 1 is 1.33 bits per heavy atom. The summed E-state index contributed by atoms with van der Waals surface area (Å²) in [6.45, 7) is 6.20. The molecule has 0 saturated heterocycles. The lowest BCUT2D eigenvalue weighted by Crippen LogP contribution is -2.34. The van der Waals surface area contributed by atoms with E-state index in [4.69, 9.17) is 0 Å². The Balaban J connectivity index is 1.63. The minimum atomic E-state index is 0.193. The molecule has 0 amide bonds. The molecule has 6 nitrogen and oxygen atoms in total. The summed E-state index contributed by atoms with van der Waals surface area (Å²) in [5.41, 5.74) is 0. The minimum Gasteiger partial charge on any atom is -0.314 e. The molecule has 2 atom stereocenters. The van der Waals surface area contributed by atoms with Gasteiger partial charge in [-0.1, -0.05) is 0 Å². The number of aromatic nitrogens is 5. The van der Waals surface area contributed by atoms with E-state index in [1.165, 1.54) is 12.8 Å². The Bertz CT molecular complexity index is 604. The zero-order chi connectivity index (χ0) is 14.8. The van der Waals surface area contributed by atoms with Crippen LogP contribution in [0.4, 0.5) is 0 Å². The van der Waals surface area contributed by atoms with Gasteiger partial charge in [0.05, 0.1) is 23.3 Å². The maximum atomic E-state index is 4.38. The van der Waals surface area contributed by atoms with Crippen molar-refractivity contribution in [1.82, 2.24) is 29.9 Å². The summed E-state index contributed by atoms with van der Waals surface area (Å²) in [4.78, 5) is 0. The topological polar surface area (TPSA) is 60.6 Å². The van der Waals surface area contributed by atoms with E-state index in [-0.39, 0.29) is 6.04 Å². The van der Waals surface area contributed by atoms with Gasteiger partial charge in [0.2, 0.25) is 0 Å². The number of aryl methyl sites for hydroxylation is 1. The molecule has 0 saturated carbocycles. The molecule has 0 aromatic carbocycles. The molecule has 0 radical (unpaired) electrons. The van der Waals surface area contributed by atoms with Crippen molar-refractivity contribution in [2.45, 2.75) is 58.3 Å². The third kappa shape index (κ3) is 3.35. The smallest absolute Gasteiger partial charge is 0.149 e. The second-order valence-corrected chi connectivity index (χ2v) is 6.67. The van der Waals surface area contributed by atoms with Crippen molar-refractivity contribution in [3.63, 3.8) is 0 Å². The van der Waals surface area contributed by atoms with Crippen molar-refractivity contribution in [3.05, 3.63) is 28.5 Å². The van der Waals surface area contributed by atoms with Gasteiger partial charge in [0.25, 0.3) is 0 Å². The van der Waals surface area contributed by atoms with E-state index in [0.717, 1.165) is 35.6 Å². The summed E-state index contributed by atoms with van der Waals surface area (Å²) in [6.07, 6.45) is 7.30. The van der Waals surface area contributed by atoms with Crippen molar-refractivity contribution in [3.8, 4) is 0 Å². The first-order valence-corrected chi connectivity index (χ1v) is 8.29. The fraction of sp³-hybridized carbons (Fsp3) is 0.643. The Hall–Kier alpha value is -1.21. The van der Waals surface area contributed by atoms with Crippen LogP contribution in [-0.2, 0) is 19.5 Å². The van der Waals surface area contributed by atoms with Crippen LogP contribution in [0.15, 0.2) is 16.9 Å². The first-order chi connectivity index (χ1) is 10.1. The molecular formula is C14H21BrN6. The van der Waals surface area contributed by atoms with Crippen molar-refractivity contribution in [2.24, 2.45) is 0 Å². The van der Waals surface area contributed by atoms with Crippen LogP contribution < -0.4 is 5.32 Å². The number of hydrogen-bond donors (Lipinski definition) is 1. The van der Waals surface area contributed by atoms with Gasteiger partial charge in [-0.25, -0.2) is 0 Å². The number of fused-ring (bicyclic) bond motifs is 1. The molecule has 0 fully saturated rings. The standard InChI is InChI=1S/C14H21BrN6/c1-10(8-20-9-12(15)7-16-20)17-11(2)14-19-18-13-5-3-4-6-21(13)14/h7,9-11,17H,3-6,8H2,1-2H3. The third-order valence-electron chi connectivity index (χ3n) is 3.87. The SMILES string of the molecule is CC(Cn1cc(Br)cn1)NC(C)c1nnc2n1CCCC2. The number of nitrogens with one attached hydrogen (secondary N) is 1. The van der Waals surface area contributed by atoms with Crippen LogP contribution in [0.2, 0.25) is 0 Å². The van der Waals surface area contributed by atoms with E-state index in [1.807, 2.05) is 17.1 Å². The van der Waals surface area contributed by atoms with Crippen molar-refractivity contribution >= 4 is 15.9 Å². The highest BCUT2D eigenvalue weighted by Crippen LogP contribution is 2.19. The average Bonchev–Trinajstić information content (AvgIpc) is 3.04. The molecule has 0 spiro atoms. The van der Waals surface area contributed by atoms with Crippen LogP contribution in [0.25, 0.3) is 0 Å². The molecule has 0 aliphatic carbocycles. The second kappa shape index (κ2) is 6.27. The van der Waals surface area contributed by atoms with Crippen LogP contribution >= 0.6 is 15.9 Å². The van der Waals surface area contributed by atoms with Crippen LogP contribution in [0.1, 0.15) is 44.4 Å². The summed E-state index contributed by atoms with van der Waals surface area (Å²) in [5.74, 6) is 2.19. The first-order valence-electron chi connectivity index (χ1n) is 7.49. The zero-order valence-electron chi connectivity index (χ0n) is 12.5. The van der Waals surface area contributed by atoms with Gasteiger partial charge in [-0.15, -0.1) is 10.2 Å². The molecular weight excluding hydrogens is 332 g/mol. The molecule has 2 unspecified atom stereocenters. The Morgan fingerprint density at radius 3 is 2.95 bits per heavy atom. The number of nitrogens with zero attached hydrogens (tertiary/aromatic N) is 5. The normalized spacial score (nSPS) is 17.5. The maximum absolute atomic E-state index is 4.38. The zero-order valence-corrected chi connectivity index (χ0v) is 14.0. The number of halogens is 1. The highest BCUT2D eigenvalue weighted by Gasteiger charge is 2.21. The van der Waals surface area contributed by atoms with Gasteiger partial charge in [0.15, 0.2) is 0 Å². The number of hydrogen-bond acceptors (Lipinski definition) is 4. The lowest BCUT2D eigenvalue weighted by atomic mass is 10.1. The first kappa shape index (κ1) is 14.7. The van der Waals surface area contributed by atoms with Crippen molar-refractivity contribution in [1.29, 1.82) is 0 Å². The predicted octanol–water partition coefficient (Wildman–Crippen LogP) is 2.31. The van der Waals surface area contributed by atoms with Crippen LogP contribution in [0, 0.1) is 0 Å². The van der Waals surface area contributed by atoms with E-state index in [0.29, 0.717) is 6.04 Å². The molecule has 2 aromatic heterocycles. The molecule has 3 heterocycles. The van der Waals surface area contributed by atoms with Crippen molar-refractivity contribution < 1.29 is 0 Å². The molecule has 1 N–H and O–H groups in total. The van der Waals surface area contributed by atoms with Crippen LogP contribution in [0.5, 0.6) is 0 Å². The van der Waals surface area contributed by atoms with E-state index in [9.17, 15) is 0 Å². The molecule has 7 heteroatoms. The molecule has 3 rings (SSSR count). The van der Waals surface area contributed by atoms with E-state index in [2.05, 4.69) is 55.0 Å². The quantitative estimate of drug-likeness (QED) is 0.896. The molecule has 2 aromatic rings. The Morgan fingerprint density at radius 2 is 2.19 bits per heavy atom. The van der Waals surface area contributed by atoms with Gasteiger partial charge >= 0.3 is 0 Å². The van der Waals surface area contributed by atoms with Crippen LogP contribution in [-0.4, -0.2) is 30.6 Å². The van der Waals surface area contributed by atoms with Gasteiger partial charge in [-0.3, -0.25) is 4.68 Å². The van der Waals surface area contributed by atoms with Gasteiger partial charge in [0.1, 0.15) is 11.6 Å². The Labute approximate surface area is 133 Å². The molecule has 114 valence electrons. The van der Waals surface area contributed by atoms with Gasteiger partial charge < -0.3 is 9.88 Å².